The molecule has 0 spiro atoms. The summed E-state index contributed by atoms with van der Waals surface area (Å²) in [5.41, 5.74) is 4.69. The first kappa shape index (κ1) is 18.6. The number of carbonyl (C=O) groups is 1. The van der Waals surface area contributed by atoms with Crippen LogP contribution in [-0.4, -0.2) is 19.3 Å². The number of anilines is 1. The van der Waals surface area contributed by atoms with Crippen LogP contribution >= 0.6 is 0 Å². The molecule has 4 nitrogen and oxygen atoms in total. The molecular weight excluding hydrogens is 369 g/mol. The van der Waals surface area contributed by atoms with E-state index in [2.05, 4.69) is 23.4 Å². The first-order valence-electron chi connectivity index (χ1n) is 9.15. The van der Waals surface area contributed by atoms with Gasteiger partial charge in [-0.3, -0.25) is 5.32 Å². The summed E-state index contributed by atoms with van der Waals surface area (Å²) in [6.45, 7) is 0.167. The van der Waals surface area contributed by atoms with E-state index in [9.17, 15) is 9.18 Å². The highest BCUT2D eigenvalue weighted by atomic mass is 19.1. The molecule has 0 fully saturated rings. The molecule has 0 atom stereocenters. The van der Waals surface area contributed by atoms with Crippen molar-refractivity contribution in [3.8, 4) is 29.2 Å². The molecule has 0 radical (unpaired) electrons. The van der Waals surface area contributed by atoms with Crippen molar-refractivity contribution in [3.63, 3.8) is 0 Å². The highest BCUT2D eigenvalue weighted by molar-refractivity contribution is 5.87. The Hall–Kier alpha value is -3.78. The molecule has 0 saturated heterocycles. The Morgan fingerprint density at radius 2 is 1.69 bits per heavy atom. The Balaban J connectivity index is 1.49. The third-order valence-corrected chi connectivity index (χ3v) is 4.83. The molecule has 0 bridgehead atoms. The zero-order valence-electron chi connectivity index (χ0n) is 15.5. The van der Waals surface area contributed by atoms with E-state index in [1.165, 1.54) is 12.1 Å². The van der Waals surface area contributed by atoms with Gasteiger partial charge < -0.3 is 9.47 Å². The highest BCUT2D eigenvalue weighted by Gasteiger charge is 2.29. The van der Waals surface area contributed by atoms with Crippen molar-refractivity contribution in [3.05, 3.63) is 83.7 Å². The van der Waals surface area contributed by atoms with Gasteiger partial charge in [-0.1, -0.05) is 54.5 Å². The van der Waals surface area contributed by atoms with E-state index < -0.39 is 11.9 Å². The molecule has 4 rings (SSSR count). The molecule has 29 heavy (non-hydrogen) atoms. The van der Waals surface area contributed by atoms with Crippen LogP contribution in [0.2, 0.25) is 0 Å². The van der Waals surface area contributed by atoms with Crippen LogP contribution in [0.1, 0.15) is 17.0 Å². The maximum absolute atomic E-state index is 13.6. The standard InChI is InChI=1S/C24H18FNO3/c1-2-13-28-23-12-11-16(25)14-22(23)26-24(27)29-15-21-19-9-5-3-7-17(19)18-8-4-6-10-20(18)21/h1,3-12,14,21H,13,15H2,(H,26,27). The second-order valence-electron chi connectivity index (χ2n) is 6.58. The van der Waals surface area contributed by atoms with Crippen molar-refractivity contribution in [2.75, 3.05) is 18.5 Å². The third-order valence-electron chi connectivity index (χ3n) is 4.83. The van der Waals surface area contributed by atoms with E-state index in [4.69, 9.17) is 15.9 Å². The van der Waals surface area contributed by atoms with Crippen LogP contribution in [0.5, 0.6) is 5.75 Å². The summed E-state index contributed by atoms with van der Waals surface area (Å²) in [5.74, 6) is 2.04. The van der Waals surface area contributed by atoms with E-state index in [1.54, 1.807) is 0 Å². The molecule has 0 aromatic heterocycles. The van der Waals surface area contributed by atoms with Crippen LogP contribution in [0.4, 0.5) is 14.9 Å². The predicted octanol–water partition coefficient (Wildman–Crippen LogP) is 5.20. The van der Waals surface area contributed by atoms with Gasteiger partial charge in [-0.25, -0.2) is 9.18 Å². The molecule has 1 aliphatic carbocycles. The molecule has 1 aliphatic rings. The third kappa shape index (κ3) is 3.78. The largest absolute Gasteiger partial charge is 0.479 e. The molecule has 0 saturated carbocycles. The number of terminal acetylenes is 1. The second-order valence-corrected chi connectivity index (χ2v) is 6.58. The maximum atomic E-state index is 13.6. The van der Waals surface area contributed by atoms with Gasteiger partial charge in [0.05, 0.1) is 5.69 Å². The molecule has 3 aromatic carbocycles. The average molecular weight is 387 g/mol. The summed E-state index contributed by atoms with van der Waals surface area (Å²) >= 11 is 0. The Morgan fingerprint density at radius 3 is 2.34 bits per heavy atom. The summed E-state index contributed by atoms with van der Waals surface area (Å²) in [5, 5.41) is 2.54. The number of hydrogen-bond donors (Lipinski definition) is 1. The maximum Gasteiger partial charge on any atom is 0.411 e. The zero-order valence-corrected chi connectivity index (χ0v) is 15.5. The van der Waals surface area contributed by atoms with Crippen LogP contribution in [-0.2, 0) is 4.74 Å². The summed E-state index contributed by atoms with van der Waals surface area (Å²) < 4.78 is 24.4. The number of benzene rings is 3. The summed E-state index contributed by atoms with van der Waals surface area (Å²) in [7, 11) is 0. The van der Waals surface area contributed by atoms with Crippen LogP contribution in [0.3, 0.4) is 0 Å². The van der Waals surface area contributed by atoms with Crippen molar-refractivity contribution < 1.29 is 18.7 Å². The lowest BCUT2D eigenvalue weighted by Crippen LogP contribution is -2.18. The smallest absolute Gasteiger partial charge is 0.411 e. The first-order valence-corrected chi connectivity index (χ1v) is 9.15. The monoisotopic (exact) mass is 387 g/mol. The van der Waals surface area contributed by atoms with Crippen molar-refractivity contribution in [2.24, 2.45) is 0 Å². The first-order chi connectivity index (χ1) is 14.2. The summed E-state index contributed by atoms with van der Waals surface area (Å²) in [6, 6.07) is 19.9. The van der Waals surface area contributed by atoms with E-state index in [-0.39, 0.29) is 30.6 Å². The Labute approximate surface area is 168 Å². The summed E-state index contributed by atoms with van der Waals surface area (Å²) in [4.78, 5) is 12.4. The van der Waals surface area contributed by atoms with E-state index >= 15 is 0 Å². The second kappa shape index (κ2) is 8.07. The number of ether oxygens (including phenoxy) is 2. The molecule has 1 N–H and O–H groups in total. The minimum Gasteiger partial charge on any atom is -0.479 e. The van der Waals surface area contributed by atoms with Crippen molar-refractivity contribution >= 4 is 11.8 Å². The normalized spacial score (nSPS) is 11.9. The number of hydrogen-bond acceptors (Lipinski definition) is 3. The van der Waals surface area contributed by atoms with Crippen molar-refractivity contribution in [1.29, 1.82) is 0 Å². The van der Waals surface area contributed by atoms with E-state index in [0.717, 1.165) is 28.3 Å². The predicted molar refractivity (Wildman–Crippen MR) is 109 cm³/mol. The number of halogens is 1. The molecule has 1 amide bonds. The lowest BCUT2D eigenvalue weighted by atomic mass is 9.98. The molecule has 5 heteroatoms. The van der Waals surface area contributed by atoms with Gasteiger partial charge in [0.25, 0.3) is 0 Å². The molecule has 0 heterocycles. The molecule has 3 aromatic rings. The number of rotatable bonds is 5. The van der Waals surface area contributed by atoms with Crippen LogP contribution in [0.15, 0.2) is 66.7 Å². The SMILES string of the molecule is C#CCOc1ccc(F)cc1NC(=O)OCC1c2ccccc2-c2ccccc21. The number of nitrogens with one attached hydrogen (secondary N) is 1. The highest BCUT2D eigenvalue weighted by Crippen LogP contribution is 2.44. The topological polar surface area (TPSA) is 47.6 Å². The van der Waals surface area contributed by atoms with Crippen molar-refractivity contribution in [2.45, 2.75) is 5.92 Å². The molecule has 0 aliphatic heterocycles. The van der Waals surface area contributed by atoms with Gasteiger partial charge in [0.1, 0.15) is 24.8 Å². The quantitative estimate of drug-likeness (QED) is 0.612. The number of fused-ring (bicyclic) bond motifs is 3. The van der Waals surface area contributed by atoms with Crippen LogP contribution < -0.4 is 10.1 Å². The zero-order chi connectivity index (χ0) is 20.2. The van der Waals surface area contributed by atoms with Gasteiger partial charge in [0.15, 0.2) is 0 Å². The van der Waals surface area contributed by atoms with Gasteiger partial charge in [-0.15, -0.1) is 6.42 Å². The van der Waals surface area contributed by atoms with E-state index in [0.29, 0.717) is 0 Å². The molecule has 0 unspecified atom stereocenters. The van der Waals surface area contributed by atoms with Gasteiger partial charge in [0.2, 0.25) is 0 Å². The minimum absolute atomic E-state index is 0.00496. The molecule has 144 valence electrons. The Morgan fingerprint density at radius 1 is 1.03 bits per heavy atom. The Kier molecular flexibility index (Phi) is 5.17. The lowest BCUT2D eigenvalue weighted by Gasteiger charge is -2.15. The fourth-order valence-electron chi connectivity index (χ4n) is 3.59. The molecular formula is C24H18FNO3. The van der Waals surface area contributed by atoms with Crippen LogP contribution in [0, 0.1) is 18.2 Å². The Bertz CT molecular complexity index is 1060. The fourth-order valence-corrected chi connectivity index (χ4v) is 3.59. The van der Waals surface area contributed by atoms with Crippen LogP contribution in [0.25, 0.3) is 11.1 Å². The summed E-state index contributed by atoms with van der Waals surface area (Å²) in [6.07, 6.45) is 4.50. The van der Waals surface area contributed by atoms with Crippen molar-refractivity contribution in [1.82, 2.24) is 0 Å². The lowest BCUT2D eigenvalue weighted by molar-refractivity contribution is 0.158. The van der Waals surface area contributed by atoms with Gasteiger partial charge in [0, 0.05) is 12.0 Å². The van der Waals surface area contributed by atoms with Gasteiger partial charge in [-0.2, -0.15) is 0 Å². The number of amides is 1. The number of carbonyl (C=O) groups excluding carboxylic acids is 1. The van der Waals surface area contributed by atoms with E-state index in [1.807, 2.05) is 36.4 Å². The van der Waals surface area contributed by atoms with Gasteiger partial charge in [-0.05, 0) is 34.4 Å². The van der Waals surface area contributed by atoms with Gasteiger partial charge >= 0.3 is 6.09 Å². The fraction of sp³-hybridized carbons (Fsp3) is 0.125. The minimum atomic E-state index is -0.692. The average Bonchev–Trinajstić information content (AvgIpc) is 3.06.